The Morgan fingerprint density at radius 2 is 2.37 bits per heavy atom. The zero-order valence-electron chi connectivity index (χ0n) is 10.7. The number of amides is 1. The molecular weight excluding hydrogens is 251 g/mol. The van der Waals surface area contributed by atoms with Crippen molar-refractivity contribution in [2.24, 2.45) is 0 Å². The van der Waals surface area contributed by atoms with E-state index in [-0.39, 0.29) is 30.4 Å². The Morgan fingerprint density at radius 1 is 1.63 bits per heavy atom. The van der Waals surface area contributed by atoms with Gasteiger partial charge in [-0.1, -0.05) is 0 Å². The van der Waals surface area contributed by atoms with E-state index in [2.05, 4.69) is 0 Å². The van der Waals surface area contributed by atoms with Gasteiger partial charge in [-0.3, -0.25) is 4.79 Å². The number of nitrogen functional groups attached to an aromatic ring is 1. The van der Waals surface area contributed by atoms with Crippen molar-refractivity contribution in [3.8, 4) is 0 Å². The van der Waals surface area contributed by atoms with Crippen molar-refractivity contribution in [2.75, 3.05) is 25.5 Å². The number of anilines is 1. The summed E-state index contributed by atoms with van der Waals surface area (Å²) < 4.78 is 19.1. The molecule has 0 saturated carbocycles. The van der Waals surface area contributed by atoms with Gasteiger partial charge in [0, 0.05) is 12.2 Å². The van der Waals surface area contributed by atoms with Crippen molar-refractivity contribution in [1.29, 1.82) is 0 Å². The van der Waals surface area contributed by atoms with Crippen LogP contribution < -0.4 is 5.73 Å². The molecule has 1 aliphatic rings. The molecule has 0 radical (unpaired) electrons. The molecule has 0 aliphatic carbocycles. The Bertz CT molecular complexity index is 481. The van der Waals surface area contributed by atoms with E-state index in [1.165, 1.54) is 17.0 Å². The highest BCUT2D eigenvalue weighted by Gasteiger charge is 2.31. The van der Waals surface area contributed by atoms with Gasteiger partial charge in [0.15, 0.2) is 0 Å². The minimum absolute atomic E-state index is 0.0142. The molecule has 1 fully saturated rings. The fourth-order valence-electron chi connectivity index (χ4n) is 2.07. The largest absolute Gasteiger partial charge is 0.399 e. The highest BCUT2D eigenvalue weighted by atomic mass is 19.1. The summed E-state index contributed by atoms with van der Waals surface area (Å²) in [5.41, 5.74) is 5.72. The molecule has 3 N–H and O–H groups in total. The number of halogens is 1. The lowest BCUT2D eigenvalue weighted by atomic mass is 10.1. The number of nitrogens with two attached hydrogens (primary N) is 1. The molecule has 2 atom stereocenters. The fraction of sp³-hybridized carbons (Fsp3) is 0.462. The number of aliphatic hydroxyl groups excluding tert-OH is 1. The van der Waals surface area contributed by atoms with Gasteiger partial charge >= 0.3 is 0 Å². The van der Waals surface area contributed by atoms with E-state index < -0.39 is 17.8 Å². The zero-order chi connectivity index (χ0) is 14.0. The van der Waals surface area contributed by atoms with Gasteiger partial charge in [0.2, 0.25) is 0 Å². The minimum Gasteiger partial charge on any atom is -0.399 e. The minimum atomic E-state index is -0.635. The lowest BCUT2D eigenvalue weighted by Crippen LogP contribution is -2.52. The quantitative estimate of drug-likeness (QED) is 0.771. The lowest BCUT2D eigenvalue weighted by Gasteiger charge is -2.37. The molecule has 2 unspecified atom stereocenters. The normalized spacial score (nSPS) is 23.4. The Morgan fingerprint density at radius 3 is 3.00 bits per heavy atom. The zero-order valence-corrected chi connectivity index (χ0v) is 10.7. The van der Waals surface area contributed by atoms with Crippen molar-refractivity contribution >= 4 is 11.6 Å². The summed E-state index contributed by atoms with van der Waals surface area (Å²) in [6.07, 6.45) is -0.419. The average Bonchev–Trinajstić information content (AvgIpc) is 2.38. The number of carbonyl (C=O) groups is 1. The molecule has 1 saturated heterocycles. The summed E-state index contributed by atoms with van der Waals surface area (Å²) in [7, 11) is 0. The van der Waals surface area contributed by atoms with Gasteiger partial charge in [0.25, 0.3) is 5.91 Å². The number of carbonyl (C=O) groups excluding carboxylic acids is 1. The van der Waals surface area contributed by atoms with Crippen LogP contribution in [0.1, 0.15) is 17.3 Å². The van der Waals surface area contributed by atoms with Gasteiger partial charge in [-0.15, -0.1) is 0 Å². The smallest absolute Gasteiger partial charge is 0.257 e. The van der Waals surface area contributed by atoms with E-state index in [0.717, 1.165) is 6.07 Å². The predicted molar refractivity (Wildman–Crippen MR) is 68.1 cm³/mol. The van der Waals surface area contributed by atoms with Crippen LogP contribution in [0.3, 0.4) is 0 Å². The second-order valence-electron chi connectivity index (χ2n) is 4.68. The third-order valence-electron chi connectivity index (χ3n) is 3.19. The number of morpholine rings is 1. The standard InChI is InChI=1S/C13H17FN2O3/c1-8-7-19-10(6-17)5-16(8)13(18)11-3-2-9(15)4-12(11)14/h2-4,8,10,17H,5-7,15H2,1H3. The SMILES string of the molecule is CC1COC(CO)CN1C(=O)c1ccc(N)cc1F. The summed E-state index contributed by atoms with van der Waals surface area (Å²) in [6, 6.07) is 3.84. The van der Waals surface area contributed by atoms with Gasteiger partial charge in [0.1, 0.15) is 5.82 Å². The second-order valence-corrected chi connectivity index (χ2v) is 4.68. The van der Waals surface area contributed by atoms with E-state index in [1.807, 2.05) is 6.92 Å². The summed E-state index contributed by atoms with van der Waals surface area (Å²) in [5.74, 6) is -1.05. The van der Waals surface area contributed by atoms with Crippen molar-refractivity contribution in [1.82, 2.24) is 4.90 Å². The molecule has 1 aromatic rings. The van der Waals surface area contributed by atoms with Crippen LogP contribution in [0.25, 0.3) is 0 Å². The van der Waals surface area contributed by atoms with E-state index in [4.69, 9.17) is 15.6 Å². The number of aliphatic hydroxyl groups is 1. The van der Waals surface area contributed by atoms with Gasteiger partial charge in [-0.05, 0) is 25.1 Å². The Balaban J connectivity index is 2.22. The van der Waals surface area contributed by atoms with Crippen LogP contribution >= 0.6 is 0 Å². The molecular formula is C13H17FN2O3. The first-order valence-electron chi connectivity index (χ1n) is 6.11. The molecule has 19 heavy (non-hydrogen) atoms. The van der Waals surface area contributed by atoms with Gasteiger partial charge in [-0.25, -0.2) is 4.39 Å². The maximum absolute atomic E-state index is 13.8. The number of hydrogen-bond donors (Lipinski definition) is 2. The van der Waals surface area contributed by atoms with Crippen LogP contribution in [0.5, 0.6) is 0 Å². The third-order valence-corrected chi connectivity index (χ3v) is 3.19. The van der Waals surface area contributed by atoms with Crippen LogP contribution in [-0.2, 0) is 4.74 Å². The van der Waals surface area contributed by atoms with E-state index in [1.54, 1.807) is 0 Å². The molecule has 1 aliphatic heterocycles. The first-order chi connectivity index (χ1) is 9.02. The summed E-state index contributed by atoms with van der Waals surface area (Å²) in [5, 5.41) is 9.08. The maximum atomic E-state index is 13.8. The first-order valence-corrected chi connectivity index (χ1v) is 6.11. The maximum Gasteiger partial charge on any atom is 0.257 e. The number of hydrogen-bond acceptors (Lipinski definition) is 4. The van der Waals surface area contributed by atoms with Crippen molar-refractivity contribution in [2.45, 2.75) is 19.1 Å². The Hall–Kier alpha value is -1.66. The first kappa shape index (κ1) is 13.8. The van der Waals surface area contributed by atoms with E-state index in [0.29, 0.717) is 6.61 Å². The molecule has 2 rings (SSSR count). The lowest BCUT2D eigenvalue weighted by molar-refractivity contribution is -0.0668. The highest BCUT2D eigenvalue weighted by Crippen LogP contribution is 2.19. The summed E-state index contributed by atoms with van der Waals surface area (Å²) in [6.45, 7) is 2.23. The summed E-state index contributed by atoms with van der Waals surface area (Å²) >= 11 is 0. The second kappa shape index (κ2) is 5.54. The fourth-order valence-corrected chi connectivity index (χ4v) is 2.07. The van der Waals surface area contributed by atoms with Crippen LogP contribution in [0.2, 0.25) is 0 Å². The van der Waals surface area contributed by atoms with Crippen molar-refractivity contribution < 1.29 is 19.0 Å². The number of ether oxygens (including phenoxy) is 1. The van der Waals surface area contributed by atoms with Crippen molar-refractivity contribution in [3.05, 3.63) is 29.6 Å². The summed E-state index contributed by atoms with van der Waals surface area (Å²) in [4.78, 5) is 13.8. The Kier molecular flexibility index (Phi) is 4.01. The monoisotopic (exact) mass is 268 g/mol. The average molecular weight is 268 g/mol. The van der Waals surface area contributed by atoms with Gasteiger partial charge in [0.05, 0.1) is 30.9 Å². The van der Waals surface area contributed by atoms with Crippen LogP contribution in [-0.4, -0.2) is 47.8 Å². The van der Waals surface area contributed by atoms with Crippen LogP contribution in [0.15, 0.2) is 18.2 Å². The van der Waals surface area contributed by atoms with Crippen LogP contribution in [0.4, 0.5) is 10.1 Å². The van der Waals surface area contributed by atoms with Gasteiger partial charge < -0.3 is 20.5 Å². The molecule has 1 heterocycles. The number of nitrogens with zero attached hydrogens (tertiary/aromatic N) is 1. The number of rotatable bonds is 2. The molecule has 0 spiro atoms. The molecule has 1 aromatic carbocycles. The molecule has 5 nitrogen and oxygen atoms in total. The molecule has 0 bridgehead atoms. The number of benzene rings is 1. The van der Waals surface area contributed by atoms with Crippen molar-refractivity contribution in [3.63, 3.8) is 0 Å². The highest BCUT2D eigenvalue weighted by molar-refractivity contribution is 5.95. The predicted octanol–water partition coefficient (Wildman–Crippen LogP) is 0.630. The topological polar surface area (TPSA) is 75.8 Å². The van der Waals surface area contributed by atoms with Gasteiger partial charge in [-0.2, -0.15) is 0 Å². The third kappa shape index (κ3) is 2.85. The van der Waals surface area contributed by atoms with E-state index >= 15 is 0 Å². The molecule has 0 aromatic heterocycles. The Labute approximate surface area is 110 Å². The van der Waals surface area contributed by atoms with Crippen LogP contribution in [0, 0.1) is 5.82 Å². The molecule has 1 amide bonds. The molecule has 6 heteroatoms. The van der Waals surface area contributed by atoms with E-state index in [9.17, 15) is 9.18 Å². The molecule has 104 valence electrons.